The highest BCUT2D eigenvalue weighted by Crippen LogP contribution is 2.32. The van der Waals surface area contributed by atoms with Gasteiger partial charge in [0.15, 0.2) is 0 Å². The molecule has 0 spiro atoms. The Labute approximate surface area is 192 Å². The van der Waals surface area contributed by atoms with Crippen molar-refractivity contribution in [3.8, 4) is 0 Å². The van der Waals surface area contributed by atoms with Gasteiger partial charge < -0.3 is 10.6 Å². The van der Waals surface area contributed by atoms with Crippen molar-refractivity contribution < 1.29 is 19.2 Å². The molecule has 160 valence electrons. The van der Waals surface area contributed by atoms with Gasteiger partial charge in [-0.15, -0.1) is 0 Å². The molecule has 2 aromatic carbocycles. The molecule has 0 atom stereocenters. The maximum Gasteiger partial charge on any atom is 0.293 e. The molecular formula is C21H17Cl2N3O4S. The molecule has 0 radical (unpaired) electrons. The van der Waals surface area contributed by atoms with E-state index in [0.29, 0.717) is 9.93 Å². The molecule has 0 unspecified atom stereocenters. The summed E-state index contributed by atoms with van der Waals surface area (Å²) in [5.74, 6) is -1.35. The smallest absolute Gasteiger partial charge is 0.293 e. The minimum Gasteiger partial charge on any atom is -0.353 e. The Bertz CT molecular complexity index is 1060. The van der Waals surface area contributed by atoms with E-state index in [1.54, 1.807) is 54.6 Å². The number of carbonyl (C=O) groups is 4. The van der Waals surface area contributed by atoms with E-state index in [2.05, 4.69) is 10.6 Å². The Kier molecular flexibility index (Phi) is 7.73. The van der Waals surface area contributed by atoms with Crippen LogP contribution >= 0.6 is 35.0 Å². The zero-order chi connectivity index (χ0) is 22.4. The summed E-state index contributed by atoms with van der Waals surface area (Å²) in [6.07, 6.45) is 1.62. The van der Waals surface area contributed by atoms with Gasteiger partial charge in [0, 0.05) is 18.1 Å². The number of carbonyl (C=O) groups excluding carboxylic acids is 4. The van der Waals surface area contributed by atoms with Gasteiger partial charge >= 0.3 is 0 Å². The van der Waals surface area contributed by atoms with E-state index in [1.807, 2.05) is 0 Å². The van der Waals surface area contributed by atoms with Crippen LogP contribution in [0.15, 0.2) is 53.4 Å². The van der Waals surface area contributed by atoms with E-state index < -0.39 is 23.0 Å². The van der Waals surface area contributed by atoms with E-state index in [-0.39, 0.29) is 30.2 Å². The number of nitrogens with one attached hydrogen (secondary N) is 2. The van der Waals surface area contributed by atoms with Crippen LogP contribution in [0.4, 0.5) is 4.79 Å². The van der Waals surface area contributed by atoms with Crippen LogP contribution in [0.25, 0.3) is 6.08 Å². The van der Waals surface area contributed by atoms with Gasteiger partial charge in [0.2, 0.25) is 5.91 Å². The monoisotopic (exact) mass is 477 g/mol. The summed E-state index contributed by atoms with van der Waals surface area (Å²) >= 11 is 12.6. The van der Waals surface area contributed by atoms with Crippen molar-refractivity contribution in [1.29, 1.82) is 0 Å². The first-order chi connectivity index (χ1) is 14.8. The lowest BCUT2D eigenvalue weighted by Gasteiger charge is -2.13. The lowest BCUT2D eigenvalue weighted by atomic mass is 10.2. The first-order valence-corrected chi connectivity index (χ1v) is 10.7. The molecule has 1 saturated heterocycles. The number of imide groups is 1. The zero-order valence-corrected chi connectivity index (χ0v) is 18.4. The van der Waals surface area contributed by atoms with E-state index >= 15 is 0 Å². The number of halogens is 2. The highest BCUT2D eigenvalue weighted by atomic mass is 35.5. The second-order valence-corrected chi connectivity index (χ2v) is 8.23. The topological polar surface area (TPSA) is 95.6 Å². The van der Waals surface area contributed by atoms with Crippen molar-refractivity contribution in [1.82, 2.24) is 15.5 Å². The molecule has 1 aliphatic rings. The van der Waals surface area contributed by atoms with Gasteiger partial charge in [-0.1, -0.05) is 47.5 Å². The third-order valence-corrected chi connectivity index (χ3v) is 5.72. The Morgan fingerprint density at radius 1 is 1.00 bits per heavy atom. The molecule has 0 bridgehead atoms. The van der Waals surface area contributed by atoms with Gasteiger partial charge in [0.05, 0.1) is 22.0 Å². The molecular weight excluding hydrogens is 461 g/mol. The Morgan fingerprint density at radius 2 is 1.71 bits per heavy atom. The number of hydrogen-bond acceptors (Lipinski definition) is 5. The summed E-state index contributed by atoms with van der Waals surface area (Å²) in [6.45, 7) is -0.178. The number of thioether (sulfide) groups is 1. The quantitative estimate of drug-likeness (QED) is 0.594. The summed E-state index contributed by atoms with van der Waals surface area (Å²) in [5, 5.41) is 5.48. The first kappa shape index (κ1) is 22.9. The van der Waals surface area contributed by atoms with Crippen molar-refractivity contribution in [2.24, 2.45) is 0 Å². The molecule has 7 nitrogen and oxygen atoms in total. The molecule has 0 saturated carbocycles. The lowest BCUT2D eigenvalue weighted by molar-refractivity contribution is -0.124. The summed E-state index contributed by atoms with van der Waals surface area (Å²) in [5.41, 5.74) is 1.01. The number of benzene rings is 2. The molecule has 3 rings (SSSR count). The van der Waals surface area contributed by atoms with Crippen LogP contribution in [0.3, 0.4) is 0 Å². The molecule has 2 N–H and O–H groups in total. The second kappa shape index (κ2) is 10.5. The maximum absolute atomic E-state index is 12.5. The molecule has 4 amide bonds. The van der Waals surface area contributed by atoms with Gasteiger partial charge in [-0.25, -0.2) is 0 Å². The molecule has 1 fully saturated rings. The SMILES string of the molecule is O=C(CNC(=O)c1ccccc1Cl)NCCN1C(=O)S/C(=C\c2ccc(Cl)cc2)C1=O. The van der Waals surface area contributed by atoms with Crippen molar-refractivity contribution in [3.05, 3.63) is 74.6 Å². The highest BCUT2D eigenvalue weighted by molar-refractivity contribution is 8.18. The summed E-state index contributed by atoms with van der Waals surface area (Å²) in [4.78, 5) is 50.0. The van der Waals surface area contributed by atoms with Crippen molar-refractivity contribution in [3.63, 3.8) is 0 Å². The Morgan fingerprint density at radius 3 is 2.42 bits per heavy atom. The van der Waals surface area contributed by atoms with Crippen molar-refractivity contribution >= 4 is 64.0 Å². The first-order valence-electron chi connectivity index (χ1n) is 9.15. The summed E-state index contributed by atoms with van der Waals surface area (Å²) in [6, 6.07) is 13.4. The third kappa shape index (κ3) is 6.10. The van der Waals surface area contributed by atoms with Gasteiger partial charge in [-0.3, -0.25) is 24.1 Å². The van der Waals surface area contributed by atoms with Crippen LogP contribution in [0.5, 0.6) is 0 Å². The van der Waals surface area contributed by atoms with Gasteiger partial charge in [-0.05, 0) is 47.7 Å². The molecule has 1 heterocycles. The van der Waals surface area contributed by atoms with Crippen LogP contribution in [0, 0.1) is 0 Å². The third-order valence-electron chi connectivity index (χ3n) is 4.23. The number of hydrogen-bond donors (Lipinski definition) is 2. The van der Waals surface area contributed by atoms with Crippen LogP contribution in [0.1, 0.15) is 15.9 Å². The minimum absolute atomic E-state index is 0.0207. The number of nitrogens with zero attached hydrogens (tertiary/aromatic N) is 1. The predicted molar refractivity (Wildman–Crippen MR) is 121 cm³/mol. The largest absolute Gasteiger partial charge is 0.353 e. The number of rotatable bonds is 7. The fourth-order valence-corrected chi connectivity index (χ4v) is 3.89. The van der Waals surface area contributed by atoms with E-state index in [1.165, 1.54) is 0 Å². The summed E-state index contributed by atoms with van der Waals surface area (Å²) < 4.78 is 0. The predicted octanol–water partition coefficient (Wildman–Crippen LogP) is 3.58. The molecule has 0 aliphatic carbocycles. The molecule has 0 aromatic heterocycles. The fraction of sp³-hybridized carbons (Fsp3) is 0.143. The average Bonchev–Trinajstić information content (AvgIpc) is 3.01. The van der Waals surface area contributed by atoms with Crippen LogP contribution < -0.4 is 10.6 Å². The number of amides is 4. The average molecular weight is 478 g/mol. The Balaban J connectivity index is 1.46. The van der Waals surface area contributed by atoms with Crippen LogP contribution in [-0.2, 0) is 9.59 Å². The maximum atomic E-state index is 12.5. The lowest BCUT2D eigenvalue weighted by Crippen LogP contribution is -2.41. The van der Waals surface area contributed by atoms with Crippen LogP contribution in [-0.4, -0.2) is 47.5 Å². The Hall–Kier alpha value is -2.81. The normalized spacial score (nSPS) is 14.8. The molecule has 2 aromatic rings. The van der Waals surface area contributed by atoms with E-state index in [0.717, 1.165) is 22.2 Å². The molecule has 10 heteroatoms. The van der Waals surface area contributed by atoms with E-state index in [4.69, 9.17) is 23.2 Å². The minimum atomic E-state index is -0.473. The van der Waals surface area contributed by atoms with Crippen molar-refractivity contribution in [2.45, 2.75) is 0 Å². The highest BCUT2D eigenvalue weighted by Gasteiger charge is 2.34. The van der Waals surface area contributed by atoms with Crippen molar-refractivity contribution in [2.75, 3.05) is 19.6 Å². The van der Waals surface area contributed by atoms with Crippen LogP contribution in [0.2, 0.25) is 10.0 Å². The zero-order valence-electron chi connectivity index (χ0n) is 16.1. The van der Waals surface area contributed by atoms with Gasteiger partial charge in [-0.2, -0.15) is 0 Å². The summed E-state index contributed by atoms with van der Waals surface area (Å²) in [7, 11) is 0. The molecule has 1 aliphatic heterocycles. The van der Waals surface area contributed by atoms with Gasteiger partial charge in [0.25, 0.3) is 17.1 Å². The molecule has 31 heavy (non-hydrogen) atoms. The van der Waals surface area contributed by atoms with Gasteiger partial charge in [0.1, 0.15) is 0 Å². The fourth-order valence-electron chi connectivity index (χ4n) is 2.67. The standard InChI is InChI=1S/C21H17Cl2N3O4S/c22-14-7-5-13(6-8-14)11-17-20(29)26(21(30)31-17)10-9-24-18(27)12-25-19(28)15-3-1-2-4-16(15)23/h1-8,11H,9-10,12H2,(H,24,27)(H,25,28)/b17-11-. The van der Waals surface area contributed by atoms with E-state index in [9.17, 15) is 19.2 Å². The second-order valence-electron chi connectivity index (χ2n) is 6.40.